The highest BCUT2D eigenvalue weighted by Crippen LogP contribution is 2.22. The predicted octanol–water partition coefficient (Wildman–Crippen LogP) is 1.55. The molecule has 1 aliphatic heterocycles. The molecule has 0 aliphatic carbocycles. The van der Waals surface area contributed by atoms with Crippen LogP contribution in [0.1, 0.15) is 29.8 Å². The number of ether oxygens (including phenoxy) is 2. The van der Waals surface area contributed by atoms with E-state index in [0.29, 0.717) is 25.7 Å². The molecule has 0 radical (unpaired) electrons. The Kier molecular flexibility index (Phi) is 6.64. The molecule has 3 rings (SSSR count). The van der Waals surface area contributed by atoms with Crippen molar-refractivity contribution in [2.24, 2.45) is 12.0 Å². The first kappa shape index (κ1) is 19.2. The number of nitrogens with zero attached hydrogens (tertiary/aromatic N) is 4. The molecule has 0 saturated carbocycles. The Bertz CT molecular complexity index is 767. The minimum Gasteiger partial charge on any atom is -0.491 e. The second-order valence-electron chi connectivity index (χ2n) is 6.69. The zero-order chi connectivity index (χ0) is 19.1. The number of aliphatic imine (C=N–C) groups is 1. The zero-order valence-corrected chi connectivity index (χ0v) is 16.2. The molecule has 1 aliphatic rings. The van der Waals surface area contributed by atoms with Crippen molar-refractivity contribution in [3.05, 3.63) is 41.5 Å². The molecule has 1 saturated heterocycles. The molecule has 2 N–H and O–H groups in total. The standard InChI is InChI=1S/C19H28N6O2/c1-14-6-7-15(17(9-14)27-12-16-5-4-8-26-16)10-21-19(20-2)22-11-18-24-23-13-25(18)3/h6-7,9,13,16H,4-5,8,10-12H2,1-3H3,(H2,20,21,22). The van der Waals surface area contributed by atoms with Crippen LogP contribution in [-0.2, 0) is 24.9 Å². The number of benzene rings is 1. The highest BCUT2D eigenvalue weighted by molar-refractivity contribution is 5.79. The maximum atomic E-state index is 6.06. The second-order valence-corrected chi connectivity index (χ2v) is 6.69. The molecule has 2 heterocycles. The largest absolute Gasteiger partial charge is 0.491 e. The summed E-state index contributed by atoms with van der Waals surface area (Å²) in [5, 5.41) is 14.5. The van der Waals surface area contributed by atoms with Gasteiger partial charge in [-0.1, -0.05) is 12.1 Å². The van der Waals surface area contributed by atoms with Crippen LogP contribution in [0.15, 0.2) is 29.5 Å². The van der Waals surface area contributed by atoms with Gasteiger partial charge in [0, 0.05) is 32.8 Å². The molecule has 8 nitrogen and oxygen atoms in total. The lowest BCUT2D eigenvalue weighted by Gasteiger charge is -2.17. The molecule has 0 spiro atoms. The lowest BCUT2D eigenvalue weighted by atomic mass is 10.1. The van der Waals surface area contributed by atoms with E-state index in [-0.39, 0.29) is 6.10 Å². The Morgan fingerprint density at radius 2 is 2.22 bits per heavy atom. The number of rotatable bonds is 7. The number of hydrogen-bond acceptors (Lipinski definition) is 5. The summed E-state index contributed by atoms with van der Waals surface area (Å²) >= 11 is 0. The van der Waals surface area contributed by atoms with Gasteiger partial charge >= 0.3 is 0 Å². The van der Waals surface area contributed by atoms with Gasteiger partial charge in [0.15, 0.2) is 11.8 Å². The number of aryl methyl sites for hydroxylation is 2. The first-order valence-corrected chi connectivity index (χ1v) is 9.27. The van der Waals surface area contributed by atoms with Crippen LogP contribution in [0, 0.1) is 6.92 Å². The molecule has 0 amide bonds. The molecule has 2 aromatic rings. The molecule has 1 unspecified atom stereocenters. The van der Waals surface area contributed by atoms with Crippen molar-refractivity contribution >= 4 is 5.96 Å². The zero-order valence-electron chi connectivity index (χ0n) is 16.2. The van der Waals surface area contributed by atoms with Crippen LogP contribution in [-0.4, -0.2) is 47.1 Å². The van der Waals surface area contributed by atoms with Crippen molar-refractivity contribution in [1.82, 2.24) is 25.4 Å². The summed E-state index contributed by atoms with van der Waals surface area (Å²) in [5.74, 6) is 2.43. The van der Waals surface area contributed by atoms with Crippen LogP contribution in [0.3, 0.4) is 0 Å². The van der Waals surface area contributed by atoms with Crippen molar-refractivity contribution in [2.75, 3.05) is 20.3 Å². The Morgan fingerprint density at radius 1 is 1.37 bits per heavy atom. The van der Waals surface area contributed by atoms with Crippen LogP contribution < -0.4 is 15.4 Å². The fourth-order valence-corrected chi connectivity index (χ4v) is 2.93. The Morgan fingerprint density at radius 3 is 2.93 bits per heavy atom. The average Bonchev–Trinajstić information content (AvgIpc) is 3.33. The summed E-state index contributed by atoms with van der Waals surface area (Å²) in [6, 6.07) is 6.25. The van der Waals surface area contributed by atoms with Crippen LogP contribution >= 0.6 is 0 Å². The summed E-state index contributed by atoms with van der Waals surface area (Å²) in [6.07, 6.45) is 4.06. The first-order valence-electron chi connectivity index (χ1n) is 9.27. The third kappa shape index (κ3) is 5.43. The number of nitrogens with one attached hydrogen (secondary N) is 2. The van der Waals surface area contributed by atoms with Crippen LogP contribution in [0.5, 0.6) is 5.75 Å². The van der Waals surface area contributed by atoms with E-state index >= 15 is 0 Å². The highest BCUT2D eigenvalue weighted by atomic mass is 16.5. The van der Waals surface area contributed by atoms with E-state index in [1.165, 1.54) is 5.56 Å². The van der Waals surface area contributed by atoms with E-state index in [1.807, 2.05) is 11.6 Å². The van der Waals surface area contributed by atoms with E-state index in [0.717, 1.165) is 36.6 Å². The van der Waals surface area contributed by atoms with E-state index in [4.69, 9.17) is 9.47 Å². The fourth-order valence-electron chi connectivity index (χ4n) is 2.93. The Hall–Kier alpha value is -2.61. The van der Waals surface area contributed by atoms with Gasteiger partial charge in [-0.15, -0.1) is 10.2 Å². The van der Waals surface area contributed by atoms with Crippen molar-refractivity contribution in [3.63, 3.8) is 0 Å². The van der Waals surface area contributed by atoms with Crippen molar-refractivity contribution in [1.29, 1.82) is 0 Å². The smallest absolute Gasteiger partial charge is 0.191 e. The minimum absolute atomic E-state index is 0.201. The minimum atomic E-state index is 0.201. The third-order valence-electron chi connectivity index (χ3n) is 4.56. The first-order chi connectivity index (χ1) is 13.2. The lowest BCUT2D eigenvalue weighted by molar-refractivity contribution is 0.0676. The molecule has 1 atom stereocenters. The summed E-state index contributed by atoms with van der Waals surface area (Å²) in [5.41, 5.74) is 2.26. The molecule has 1 fully saturated rings. The topological polar surface area (TPSA) is 85.6 Å². The van der Waals surface area contributed by atoms with E-state index in [2.05, 4.69) is 50.9 Å². The molecule has 1 aromatic carbocycles. The number of aromatic nitrogens is 3. The maximum Gasteiger partial charge on any atom is 0.191 e. The summed E-state index contributed by atoms with van der Waals surface area (Å²) in [4.78, 5) is 4.26. The Balaban J connectivity index is 1.56. The fraction of sp³-hybridized carbons (Fsp3) is 0.526. The van der Waals surface area contributed by atoms with Gasteiger partial charge in [0.1, 0.15) is 18.7 Å². The molecule has 0 bridgehead atoms. The van der Waals surface area contributed by atoms with E-state index in [1.54, 1.807) is 13.4 Å². The van der Waals surface area contributed by atoms with Crippen LogP contribution in [0.2, 0.25) is 0 Å². The van der Waals surface area contributed by atoms with Gasteiger partial charge in [0.05, 0.1) is 12.6 Å². The van der Waals surface area contributed by atoms with Gasteiger partial charge in [-0.2, -0.15) is 0 Å². The number of hydrogen-bond donors (Lipinski definition) is 2. The van der Waals surface area contributed by atoms with E-state index < -0.39 is 0 Å². The third-order valence-corrected chi connectivity index (χ3v) is 4.56. The molecule has 27 heavy (non-hydrogen) atoms. The number of guanidine groups is 1. The van der Waals surface area contributed by atoms with Gasteiger partial charge in [0.2, 0.25) is 0 Å². The van der Waals surface area contributed by atoms with Crippen LogP contribution in [0.4, 0.5) is 0 Å². The van der Waals surface area contributed by atoms with E-state index in [9.17, 15) is 0 Å². The molecule has 146 valence electrons. The quantitative estimate of drug-likeness (QED) is 0.567. The van der Waals surface area contributed by atoms with Gasteiger partial charge in [0.25, 0.3) is 0 Å². The molecular weight excluding hydrogens is 344 g/mol. The Labute approximate surface area is 160 Å². The molecule has 1 aromatic heterocycles. The average molecular weight is 372 g/mol. The van der Waals surface area contributed by atoms with Crippen molar-refractivity contribution in [2.45, 2.75) is 39.0 Å². The van der Waals surface area contributed by atoms with Gasteiger partial charge in [-0.25, -0.2) is 0 Å². The summed E-state index contributed by atoms with van der Waals surface area (Å²) in [6.45, 7) is 4.66. The lowest BCUT2D eigenvalue weighted by Crippen LogP contribution is -2.37. The van der Waals surface area contributed by atoms with Crippen molar-refractivity contribution in [3.8, 4) is 5.75 Å². The maximum absolute atomic E-state index is 6.06. The normalized spacial score (nSPS) is 17.1. The van der Waals surface area contributed by atoms with Gasteiger partial charge in [-0.05, 0) is 31.4 Å². The molecular formula is C19H28N6O2. The van der Waals surface area contributed by atoms with Crippen LogP contribution in [0.25, 0.3) is 0 Å². The van der Waals surface area contributed by atoms with Gasteiger partial charge < -0.3 is 24.7 Å². The monoisotopic (exact) mass is 372 g/mol. The highest BCUT2D eigenvalue weighted by Gasteiger charge is 2.17. The summed E-state index contributed by atoms with van der Waals surface area (Å²) < 4.78 is 13.6. The second kappa shape index (κ2) is 9.36. The van der Waals surface area contributed by atoms with Gasteiger partial charge in [-0.3, -0.25) is 4.99 Å². The summed E-state index contributed by atoms with van der Waals surface area (Å²) in [7, 11) is 3.66. The predicted molar refractivity (Wildman–Crippen MR) is 104 cm³/mol. The SMILES string of the molecule is CN=C(NCc1ccc(C)cc1OCC1CCCO1)NCc1nncn1C. The molecule has 8 heteroatoms. The van der Waals surface area contributed by atoms with Crippen molar-refractivity contribution < 1.29 is 9.47 Å².